The van der Waals surface area contributed by atoms with Crippen molar-refractivity contribution in [2.75, 3.05) is 25.5 Å². The van der Waals surface area contributed by atoms with Gasteiger partial charge in [0.05, 0.1) is 23.4 Å². The monoisotopic (exact) mass is 338 g/mol. The molecule has 0 saturated carbocycles. The highest BCUT2D eigenvalue weighted by atomic mass is 35.5. The van der Waals surface area contributed by atoms with Gasteiger partial charge in [0, 0.05) is 11.6 Å². The van der Waals surface area contributed by atoms with Crippen LogP contribution in [0.3, 0.4) is 0 Å². The van der Waals surface area contributed by atoms with E-state index in [4.69, 9.17) is 11.6 Å². The van der Waals surface area contributed by atoms with E-state index in [2.05, 4.69) is 5.32 Å². The van der Waals surface area contributed by atoms with Gasteiger partial charge >= 0.3 is 6.18 Å². The van der Waals surface area contributed by atoms with E-state index in [1.807, 2.05) is 0 Å². The number of nitrogens with one attached hydrogen (secondary N) is 1. The van der Waals surface area contributed by atoms with Crippen LogP contribution in [0, 0.1) is 0 Å². The van der Waals surface area contributed by atoms with Crippen LogP contribution in [0.2, 0.25) is 5.02 Å². The maximum Gasteiger partial charge on any atom is 0.418 e. The molecule has 1 amide bonds. The lowest BCUT2D eigenvalue weighted by Gasteiger charge is -2.25. The number of nitrogens with zero attached hydrogens (tertiary/aromatic N) is 1. The van der Waals surface area contributed by atoms with E-state index in [0.29, 0.717) is 0 Å². The maximum atomic E-state index is 12.9. The molecule has 0 aliphatic heterocycles. The molecule has 0 unspecified atom stereocenters. The number of hydrogen-bond acceptors (Lipinski definition) is 3. The molecule has 124 valence electrons. The second-order valence-corrected chi connectivity index (χ2v) is 6.16. The predicted octanol–water partition coefficient (Wildman–Crippen LogP) is 3.00. The Hall–Kier alpha value is -1.31. The van der Waals surface area contributed by atoms with Crippen LogP contribution in [0.25, 0.3) is 0 Å². The predicted molar refractivity (Wildman–Crippen MR) is 78.9 cm³/mol. The van der Waals surface area contributed by atoms with E-state index < -0.39 is 23.2 Å². The first-order valence-electron chi connectivity index (χ1n) is 6.46. The van der Waals surface area contributed by atoms with Gasteiger partial charge in [0.15, 0.2) is 0 Å². The molecule has 0 spiro atoms. The molecular weight excluding hydrogens is 321 g/mol. The summed E-state index contributed by atoms with van der Waals surface area (Å²) >= 11 is 5.57. The first-order chi connectivity index (χ1) is 9.88. The Morgan fingerprint density at radius 3 is 2.45 bits per heavy atom. The molecule has 0 bridgehead atoms. The van der Waals surface area contributed by atoms with Gasteiger partial charge in [-0.25, -0.2) is 0 Å². The maximum absolute atomic E-state index is 12.9. The molecule has 0 heterocycles. The molecule has 0 atom stereocenters. The Morgan fingerprint density at radius 1 is 1.36 bits per heavy atom. The van der Waals surface area contributed by atoms with Crippen LogP contribution in [0.15, 0.2) is 18.2 Å². The van der Waals surface area contributed by atoms with Gasteiger partial charge in [-0.2, -0.15) is 13.2 Å². The highest BCUT2D eigenvalue weighted by Gasteiger charge is 2.34. The lowest BCUT2D eigenvalue weighted by atomic mass is 10.1. The second kappa shape index (κ2) is 6.85. The highest BCUT2D eigenvalue weighted by Crippen LogP contribution is 2.36. The van der Waals surface area contributed by atoms with E-state index in [9.17, 15) is 23.1 Å². The van der Waals surface area contributed by atoms with Crippen LogP contribution in [-0.4, -0.2) is 41.7 Å². The van der Waals surface area contributed by atoms with Crippen LogP contribution >= 0.6 is 11.6 Å². The van der Waals surface area contributed by atoms with E-state index >= 15 is 0 Å². The third-order valence-electron chi connectivity index (χ3n) is 2.63. The van der Waals surface area contributed by atoms with Crippen molar-refractivity contribution in [2.45, 2.75) is 25.6 Å². The van der Waals surface area contributed by atoms with Gasteiger partial charge in [-0.1, -0.05) is 11.6 Å². The summed E-state index contributed by atoms with van der Waals surface area (Å²) in [6, 6.07) is 3.14. The van der Waals surface area contributed by atoms with Crippen molar-refractivity contribution < 1.29 is 23.1 Å². The molecule has 0 aliphatic rings. The molecule has 1 rings (SSSR count). The summed E-state index contributed by atoms with van der Waals surface area (Å²) < 4.78 is 38.7. The minimum absolute atomic E-state index is 0.0653. The number of halogens is 4. The van der Waals surface area contributed by atoms with Crippen molar-refractivity contribution in [3.05, 3.63) is 28.8 Å². The Bertz CT molecular complexity index is 542. The summed E-state index contributed by atoms with van der Waals surface area (Å²) in [6.45, 7) is 3.20. The Morgan fingerprint density at radius 2 is 1.95 bits per heavy atom. The van der Waals surface area contributed by atoms with E-state index in [1.165, 1.54) is 11.0 Å². The van der Waals surface area contributed by atoms with Crippen molar-refractivity contribution in [2.24, 2.45) is 0 Å². The summed E-state index contributed by atoms with van der Waals surface area (Å²) in [4.78, 5) is 13.4. The standard InChI is InChI=1S/C14H18ClF3N2O2/c1-13(2,22)8-20(3)7-12(21)19-11-5-4-9(15)6-10(11)14(16,17)18/h4-6,22H,7-8H2,1-3H3,(H,19,21). The fourth-order valence-electron chi connectivity index (χ4n) is 2.01. The fourth-order valence-corrected chi connectivity index (χ4v) is 2.18. The summed E-state index contributed by atoms with van der Waals surface area (Å²) in [5, 5.41) is 11.8. The molecule has 0 fully saturated rings. The number of benzene rings is 1. The summed E-state index contributed by atoms with van der Waals surface area (Å²) in [7, 11) is 1.59. The zero-order valence-electron chi connectivity index (χ0n) is 12.5. The Labute approximate surface area is 131 Å². The Balaban J connectivity index is 2.81. The van der Waals surface area contributed by atoms with Crippen molar-refractivity contribution >= 4 is 23.2 Å². The quantitative estimate of drug-likeness (QED) is 0.867. The van der Waals surface area contributed by atoms with Gasteiger partial charge in [-0.3, -0.25) is 9.69 Å². The Kier molecular flexibility index (Phi) is 5.83. The smallest absolute Gasteiger partial charge is 0.389 e. The van der Waals surface area contributed by atoms with E-state index in [1.54, 1.807) is 20.9 Å². The molecule has 1 aromatic rings. The minimum atomic E-state index is -4.62. The summed E-state index contributed by atoms with van der Waals surface area (Å²) in [6.07, 6.45) is -4.62. The highest BCUT2D eigenvalue weighted by molar-refractivity contribution is 6.30. The number of amides is 1. The number of aliphatic hydroxyl groups is 1. The number of likely N-dealkylation sites (N-methyl/N-ethyl adjacent to an activating group) is 1. The lowest BCUT2D eigenvalue weighted by molar-refractivity contribution is -0.137. The topological polar surface area (TPSA) is 52.6 Å². The number of alkyl halides is 3. The number of carbonyl (C=O) groups is 1. The lowest BCUT2D eigenvalue weighted by Crippen LogP contribution is -2.40. The van der Waals surface area contributed by atoms with Crippen LogP contribution in [0.5, 0.6) is 0 Å². The average Bonchev–Trinajstić information content (AvgIpc) is 2.27. The van der Waals surface area contributed by atoms with Crippen LogP contribution in [-0.2, 0) is 11.0 Å². The first kappa shape index (κ1) is 18.7. The zero-order valence-corrected chi connectivity index (χ0v) is 13.2. The number of hydrogen-bond donors (Lipinski definition) is 2. The van der Waals surface area contributed by atoms with Gasteiger partial charge in [-0.05, 0) is 39.1 Å². The molecular formula is C14H18ClF3N2O2. The van der Waals surface area contributed by atoms with Gasteiger partial charge in [-0.15, -0.1) is 0 Å². The largest absolute Gasteiger partial charge is 0.418 e. The molecule has 22 heavy (non-hydrogen) atoms. The first-order valence-corrected chi connectivity index (χ1v) is 6.84. The molecule has 0 saturated heterocycles. The van der Waals surface area contributed by atoms with Gasteiger partial charge in [0.1, 0.15) is 0 Å². The fraction of sp³-hybridized carbons (Fsp3) is 0.500. The van der Waals surface area contributed by atoms with E-state index in [0.717, 1.165) is 12.1 Å². The zero-order chi connectivity index (χ0) is 17.1. The SMILES string of the molecule is CN(CC(=O)Nc1ccc(Cl)cc1C(F)(F)F)CC(C)(C)O. The summed E-state index contributed by atoms with van der Waals surface area (Å²) in [5.74, 6) is -0.612. The average molecular weight is 339 g/mol. The number of carbonyl (C=O) groups excluding carboxylic acids is 1. The third-order valence-corrected chi connectivity index (χ3v) is 2.87. The van der Waals surface area contributed by atoms with E-state index in [-0.39, 0.29) is 23.8 Å². The minimum Gasteiger partial charge on any atom is -0.389 e. The molecule has 8 heteroatoms. The van der Waals surface area contributed by atoms with Gasteiger partial charge in [0.25, 0.3) is 0 Å². The molecule has 0 aromatic heterocycles. The number of rotatable bonds is 5. The van der Waals surface area contributed by atoms with Gasteiger partial charge < -0.3 is 10.4 Å². The molecule has 0 radical (unpaired) electrons. The van der Waals surface area contributed by atoms with Gasteiger partial charge in [0.2, 0.25) is 5.91 Å². The van der Waals surface area contributed by atoms with Crippen molar-refractivity contribution in [3.63, 3.8) is 0 Å². The van der Waals surface area contributed by atoms with Crippen LogP contribution in [0.4, 0.5) is 18.9 Å². The van der Waals surface area contributed by atoms with Crippen molar-refractivity contribution in [3.8, 4) is 0 Å². The third kappa shape index (κ3) is 6.21. The van der Waals surface area contributed by atoms with Crippen molar-refractivity contribution in [1.29, 1.82) is 0 Å². The molecule has 1 aromatic carbocycles. The molecule has 2 N–H and O–H groups in total. The second-order valence-electron chi connectivity index (χ2n) is 5.72. The molecule has 4 nitrogen and oxygen atoms in total. The summed E-state index contributed by atoms with van der Waals surface area (Å²) in [5.41, 5.74) is -2.36. The number of anilines is 1. The normalized spacial score (nSPS) is 12.6. The van der Waals surface area contributed by atoms with Crippen LogP contribution in [0.1, 0.15) is 19.4 Å². The van der Waals surface area contributed by atoms with Crippen molar-refractivity contribution in [1.82, 2.24) is 4.90 Å². The van der Waals surface area contributed by atoms with Crippen LogP contribution < -0.4 is 5.32 Å². The molecule has 0 aliphatic carbocycles.